The summed E-state index contributed by atoms with van der Waals surface area (Å²) in [4.78, 5) is 12.3. The molecule has 6 aromatic rings. The third-order valence-electron chi connectivity index (χ3n) is 6.00. The van der Waals surface area contributed by atoms with Crippen molar-refractivity contribution in [1.29, 1.82) is 0 Å². The number of nitrogens with zero attached hydrogens (tertiary/aromatic N) is 4. The normalized spacial score (nSPS) is 11.6. The van der Waals surface area contributed by atoms with Gasteiger partial charge in [-0.1, -0.05) is 18.2 Å². The zero-order valence-electron chi connectivity index (χ0n) is 17.5. The molecule has 2 N–H and O–H groups in total. The van der Waals surface area contributed by atoms with Gasteiger partial charge in [0.1, 0.15) is 23.0 Å². The molecule has 0 spiro atoms. The van der Waals surface area contributed by atoms with Crippen LogP contribution in [-0.4, -0.2) is 29.7 Å². The number of hydrogen-bond acceptors (Lipinski definition) is 3. The first-order chi connectivity index (χ1) is 15.6. The van der Waals surface area contributed by atoms with E-state index in [1.807, 2.05) is 44.4 Å². The fourth-order valence-corrected chi connectivity index (χ4v) is 4.21. The number of nitrogens with one attached hydrogen (secondary N) is 2. The second-order valence-corrected chi connectivity index (χ2v) is 7.90. The van der Waals surface area contributed by atoms with Gasteiger partial charge < -0.3 is 9.55 Å². The molecule has 0 aliphatic carbocycles. The summed E-state index contributed by atoms with van der Waals surface area (Å²) in [5, 5.41) is 9.61. The highest BCUT2D eigenvalue weighted by Gasteiger charge is 2.16. The van der Waals surface area contributed by atoms with E-state index in [1.165, 1.54) is 12.1 Å². The van der Waals surface area contributed by atoms with E-state index in [0.29, 0.717) is 0 Å². The molecule has 0 atom stereocenters. The molecule has 0 aliphatic heterocycles. The van der Waals surface area contributed by atoms with Crippen LogP contribution in [0.3, 0.4) is 0 Å². The first-order valence-electron chi connectivity index (χ1n) is 10.3. The van der Waals surface area contributed by atoms with Crippen LogP contribution < -0.4 is 0 Å². The average Bonchev–Trinajstić information content (AvgIpc) is 3.50. The maximum absolute atomic E-state index is 13.8. The third-order valence-corrected chi connectivity index (χ3v) is 6.00. The van der Waals surface area contributed by atoms with Crippen LogP contribution in [0.15, 0.2) is 67.0 Å². The van der Waals surface area contributed by atoms with E-state index in [2.05, 4.69) is 41.8 Å². The molecular weight excluding hydrogens is 403 g/mol. The molecule has 4 aromatic heterocycles. The molecule has 32 heavy (non-hydrogen) atoms. The van der Waals surface area contributed by atoms with Gasteiger partial charge in [0.25, 0.3) is 0 Å². The van der Waals surface area contributed by atoms with Gasteiger partial charge in [0, 0.05) is 29.6 Å². The lowest BCUT2D eigenvalue weighted by Crippen LogP contribution is -1.94. The Balaban J connectivity index is 1.52. The van der Waals surface area contributed by atoms with Gasteiger partial charge in [0.15, 0.2) is 0 Å². The fraction of sp³-hybridized carbons (Fsp3) is 0.0800. The molecule has 0 saturated heterocycles. The highest BCUT2D eigenvalue weighted by molar-refractivity contribution is 6.00. The average molecular weight is 422 g/mol. The van der Waals surface area contributed by atoms with E-state index >= 15 is 0 Å². The van der Waals surface area contributed by atoms with Gasteiger partial charge in [0.05, 0.1) is 23.1 Å². The van der Waals surface area contributed by atoms with Crippen molar-refractivity contribution < 1.29 is 4.39 Å². The van der Waals surface area contributed by atoms with Gasteiger partial charge in [-0.25, -0.2) is 14.4 Å². The SMILES string of the molecule is Cc1ncc(-c2ccc3[nH]nc(-c4cc5c(-c6cccc(F)c6)ccnc5[nH]4)c3c2)n1C. The van der Waals surface area contributed by atoms with Crippen LogP contribution in [0.2, 0.25) is 0 Å². The van der Waals surface area contributed by atoms with Crippen LogP contribution in [0, 0.1) is 12.7 Å². The van der Waals surface area contributed by atoms with Crippen LogP contribution in [0.4, 0.5) is 4.39 Å². The quantitative estimate of drug-likeness (QED) is 0.389. The summed E-state index contributed by atoms with van der Waals surface area (Å²) in [5.41, 5.74) is 7.17. The van der Waals surface area contributed by atoms with Crippen LogP contribution in [0.25, 0.3) is 55.7 Å². The summed E-state index contributed by atoms with van der Waals surface area (Å²) < 4.78 is 15.9. The summed E-state index contributed by atoms with van der Waals surface area (Å²) in [7, 11) is 2.01. The molecule has 0 saturated carbocycles. The van der Waals surface area contributed by atoms with Crippen molar-refractivity contribution >= 4 is 21.9 Å². The lowest BCUT2D eigenvalue weighted by atomic mass is 10.0. The molecule has 0 unspecified atom stereocenters. The highest BCUT2D eigenvalue weighted by atomic mass is 19.1. The number of rotatable bonds is 3. The van der Waals surface area contributed by atoms with Gasteiger partial charge in [-0.05, 0) is 54.4 Å². The van der Waals surface area contributed by atoms with E-state index in [4.69, 9.17) is 0 Å². The second kappa shape index (κ2) is 6.88. The molecule has 4 heterocycles. The van der Waals surface area contributed by atoms with Gasteiger partial charge in [-0.3, -0.25) is 5.10 Å². The Morgan fingerprint density at radius 2 is 1.84 bits per heavy atom. The largest absolute Gasteiger partial charge is 0.338 e. The maximum atomic E-state index is 13.8. The fourth-order valence-electron chi connectivity index (χ4n) is 4.21. The molecule has 6 rings (SSSR count). The molecule has 7 heteroatoms. The monoisotopic (exact) mass is 422 g/mol. The van der Waals surface area contributed by atoms with Crippen LogP contribution in [0.1, 0.15) is 5.82 Å². The standard InChI is InChI=1S/C25H19FN6/c1-14-28-13-23(32(14)2)16-6-7-21-20(11-16)24(31-30-21)22-12-19-18(8-9-27-25(19)29-22)15-4-3-5-17(26)10-15/h3-13H,1-2H3,(H,27,29)(H,30,31). The van der Waals surface area contributed by atoms with Gasteiger partial charge >= 0.3 is 0 Å². The number of aromatic amines is 2. The summed E-state index contributed by atoms with van der Waals surface area (Å²) in [6.45, 7) is 1.99. The Morgan fingerprint density at radius 3 is 2.66 bits per heavy atom. The smallest absolute Gasteiger partial charge is 0.138 e. The number of fused-ring (bicyclic) bond motifs is 2. The number of aryl methyl sites for hydroxylation is 1. The topological polar surface area (TPSA) is 75.2 Å². The lowest BCUT2D eigenvalue weighted by molar-refractivity contribution is 0.628. The summed E-state index contributed by atoms with van der Waals surface area (Å²) >= 11 is 0. The minimum atomic E-state index is -0.264. The Bertz CT molecular complexity index is 1620. The summed E-state index contributed by atoms with van der Waals surface area (Å²) in [5.74, 6) is 0.693. The van der Waals surface area contributed by atoms with E-state index in [-0.39, 0.29) is 5.82 Å². The maximum Gasteiger partial charge on any atom is 0.138 e. The number of imidazole rings is 1. The number of benzene rings is 2. The van der Waals surface area contributed by atoms with Gasteiger partial charge in [-0.2, -0.15) is 5.10 Å². The predicted octanol–water partition coefficient (Wildman–Crippen LogP) is 5.62. The Hall–Kier alpha value is -4.26. The lowest BCUT2D eigenvalue weighted by Gasteiger charge is -2.04. The van der Waals surface area contributed by atoms with Crippen LogP contribution in [0.5, 0.6) is 0 Å². The van der Waals surface area contributed by atoms with Gasteiger partial charge in [0.2, 0.25) is 0 Å². The van der Waals surface area contributed by atoms with Crippen molar-refractivity contribution in [2.45, 2.75) is 6.92 Å². The summed E-state index contributed by atoms with van der Waals surface area (Å²) in [6.07, 6.45) is 3.61. The van der Waals surface area contributed by atoms with Crippen molar-refractivity contribution in [3.05, 3.63) is 78.6 Å². The minimum absolute atomic E-state index is 0.264. The van der Waals surface area contributed by atoms with E-state index in [9.17, 15) is 4.39 Å². The second-order valence-electron chi connectivity index (χ2n) is 7.90. The Labute approximate surface area is 182 Å². The van der Waals surface area contributed by atoms with E-state index in [0.717, 1.165) is 61.5 Å². The van der Waals surface area contributed by atoms with Crippen molar-refractivity contribution in [2.75, 3.05) is 0 Å². The molecule has 0 aliphatic rings. The number of pyridine rings is 1. The summed E-state index contributed by atoms with van der Waals surface area (Å²) in [6, 6.07) is 16.7. The third kappa shape index (κ3) is 2.82. The number of halogens is 1. The first kappa shape index (κ1) is 18.5. The first-order valence-corrected chi connectivity index (χ1v) is 10.3. The molecule has 156 valence electrons. The molecule has 2 aromatic carbocycles. The highest BCUT2D eigenvalue weighted by Crippen LogP contribution is 2.34. The number of H-pyrrole nitrogens is 2. The molecule has 6 nitrogen and oxygen atoms in total. The zero-order valence-corrected chi connectivity index (χ0v) is 17.5. The molecule has 0 bridgehead atoms. The Kier molecular flexibility index (Phi) is 3.98. The van der Waals surface area contributed by atoms with Crippen molar-refractivity contribution in [1.82, 2.24) is 29.7 Å². The van der Waals surface area contributed by atoms with Crippen molar-refractivity contribution in [3.8, 4) is 33.8 Å². The van der Waals surface area contributed by atoms with Crippen molar-refractivity contribution in [3.63, 3.8) is 0 Å². The number of hydrogen-bond donors (Lipinski definition) is 2. The number of aromatic nitrogens is 6. The van der Waals surface area contributed by atoms with Crippen molar-refractivity contribution in [2.24, 2.45) is 7.05 Å². The van der Waals surface area contributed by atoms with Crippen LogP contribution >= 0.6 is 0 Å². The molecule has 0 fully saturated rings. The Morgan fingerprint density at radius 1 is 0.938 bits per heavy atom. The van der Waals surface area contributed by atoms with Gasteiger partial charge in [-0.15, -0.1) is 0 Å². The molecular formula is C25H19FN6. The van der Waals surface area contributed by atoms with E-state index in [1.54, 1.807) is 12.3 Å². The van der Waals surface area contributed by atoms with E-state index < -0.39 is 0 Å². The zero-order chi connectivity index (χ0) is 21.8. The van der Waals surface area contributed by atoms with Crippen LogP contribution in [-0.2, 0) is 7.05 Å². The predicted molar refractivity (Wildman–Crippen MR) is 124 cm³/mol. The minimum Gasteiger partial charge on any atom is -0.338 e. The molecule has 0 amide bonds. The molecule has 0 radical (unpaired) electrons.